The van der Waals surface area contributed by atoms with Crippen molar-refractivity contribution in [1.82, 2.24) is 4.98 Å². The quantitative estimate of drug-likeness (QED) is 0.759. The summed E-state index contributed by atoms with van der Waals surface area (Å²) < 4.78 is 16.2. The fourth-order valence-electron chi connectivity index (χ4n) is 0.900. The molecule has 0 aliphatic rings. The Morgan fingerprint density at radius 1 is 1.36 bits per heavy atom. The minimum Gasteiger partial charge on any atom is -0.486 e. The summed E-state index contributed by atoms with van der Waals surface area (Å²) in [7, 11) is 3.18. The lowest BCUT2D eigenvalue weighted by Gasteiger charge is -2.09. The first-order valence-corrected chi connectivity index (χ1v) is 4.88. The summed E-state index contributed by atoms with van der Waals surface area (Å²) in [6.07, 6.45) is 1.65. The van der Waals surface area contributed by atoms with Crippen molar-refractivity contribution >= 4 is 15.9 Å². The van der Waals surface area contributed by atoms with Crippen molar-refractivity contribution in [3.8, 4) is 11.6 Å². The lowest BCUT2D eigenvalue weighted by molar-refractivity contribution is 0.143. The van der Waals surface area contributed by atoms with Crippen molar-refractivity contribution < 1.29 is 14.2 Å². The number of methoxy groups -OCH3 is 2. The summed E-state index contributed by atoms with van der Waals surface area (Å²) in [6, 6.07) is 1.81. The van der Waals surface area contributed by atoms with Crippen LogP contribution in [0, 0.1) is 0 Å². The molecule has 0 radical (unpaired) electrons. The Morgan fingerprint density at radius 3 is 2.79 bits per heavy atom. The first-order valence-electron chi connectivity index (χ1n) is 4.09. The fourth-order valence-corrected chi connectivity index (χ4v) is 1.21. The van der Waals surface area contributed by atoms with E-state index in [4.69, 9.17) is 14.2 Å². The van der Waals surface area contributed by atoms with E-state index in [0.29, 0.717) is 24.8 Å². The Bertz CT molecular complexity index is 293. The van der Waals surface area contributed by atoms with Gasteiger partial charge in [0.1, 0.15) is 6.61 Å². The van der Waals surface area contributed by atoms with Gasteiger partial charge in [0.05, 0.1) is 13.7 Å². The number of aromatic nitrogens is 1. The van der Waals surface area contributed by atoms with E-state index >= 15 is 0 Å². The zero-order valence-corrected chi connectivity index (χ0v) is 9.70. The molecule has 0 saturated heterocycles. The number of hydrogen-bond acceptors (Lipinski definition) is 4. The van der Waals surface area contributed by atoms with E-state index in [-0.39, 0.29) is 0 Å². The van der Waals surface area contributed by atoms with Gasteiger partial charge in [-0.2, -0.15) is 0 Å². The van der Waals surface area contributed by atoms with Crippen LogP contribution >= 0.6 is 15.9 Å². The number of pyridine rings is 1. The largest absolute Gasteiger partial charge is 0.486 e. The summed E-state index contributed by atoms with van der Waals surface area (Å²) in [5.41, 5.74) is 0. The van der Waals surface area contributed by atoms with Crippen molar-refractivity contribution in [3.05, 3.63) is 16.7 Å². The van der Waals surface area contributed by atoms with Crippen molar-refractivity contribution in [2.24, 2.45) is 0 Å². The molecule has 5 heteroatoms. The predicted molar refractivity (Wildman–Crippen MR) is 55.9 cm³/mol. The van der Waals surface area contributed by atoms with E-state index in [1.54, 1.807) is 20.4 Å². The summed E-state index contributed by atoms with van der Waals surface area (Å²) in [6.45, 7) is 1.01. The average molecular weight is 262 g/mol. The number of ether oxygens (including phenoxy) is 3. The van der Waals surface area contributed by atoms with Gasteiger partial charge in [-0.1, -0.05) is 0 Å². The van der Waals surface area contributed by atoms with E-state index in [9.17, 15) is 0 Å². The molecule has 0 aromatic carbocycles. The highest BCUT2D eigenvalue weighted by molar-refractivity contribution is 9.10. The summed E-state index contributed by atoms with van der Waals surface area (Å²) >= 11 is 3.31. The predicted octanol–water partition coefficient (Wildman–Crippen LogP) is 1.88. The monoisotopic (exact) mass is 261 g/mol. The first kappa shape index (κ1) is 11.3. The highest BCUT2D eigenvalue weighted by atomic mass is 79.9. The molecule has 0 amide bonds. The summed E-state index contributed by atoms with van der Waals surface area (Å²) in [5.74, 6) is 1.09. The molecule has 0 N–H and O–H groups in total. The lowest BCUT2D eigenvalue weighted by atomic mass is 10.4. The zero-order valence-electron chi connectivity index (χ0n) is 8.12. The minimum atomic E-state index is 0.476. The van der Waals surface area contributed by atoms with Gasteiger partial charge < -0.3 is 14.2 Å². The molecule has 1 aromatic heterocycles. The van der Waals surface area contributed by atoms with Gasteiger partial charge >= 0.3 is 0 Å². The van der Waals surface area contributed by atoms with Crippen LogP contribution in [0.1, 0.15) is 0 Å². The number of nitrogens with zero attached hydrogens (tertiary/aromatic N) is 1. The van der Waals surface area contributed by atoms with Crippen molar-refractivity contribution in [3.63, 3.8) is 0 Å². The highest BCUT2D eigenvalue weighted by Gasteiger charge is 2.05. The van der Waals surface area contributed by atoms with E-state index in [0.717, 1.165) is 4.47 Å². The van der Waals surface area contributed by atoms with Crippen LogP contribution < -0.4 is 9.47 Å². The molecular weight excluding hydrogens is 250 g/mol. The summed E-state index contributed by atoms with van der Waals surface area (Å²) in [4.78, 5) is 4.04. The normalized spacial score (nSPS) is 9.93. The molecule has 0 fully saturated rings. The zero-order chi connectivity index (χ0) is 10.4. The Hall–Kier alpha value is -0.810. The standard InChI is InChI=1S/C9H12BrNO3/c1-12-3-4-14-8-5-7(10)6-11-9(8)13-2/h5-6H,3-4H2,1-2H3. The number of hydrogen-bond donors (Lipinski definition) is 0. The molecule has 14 heavy (non-hydrogen) atoms. The maximum Gasteiger partial charge on any atom is 0.256 e. The molecule has 1 heterocycles. The molecule has 1 aromatic rings. The van der Waals surface area contributed by atoms with Crippen LogP contribution in [0.3, 0.4) is 0 Å². The molecular formula is C9H12BrNO3. The van der Waals surface area contributed by atoms with Crippen molar-refractivity contribution in [2.45, 2.75) is 0 Å². The smallest absolute Gasteiger partial charge is 0.256 e. The molecule has 0 bridgehead atoms. The molecule has 0 aliphatic carbocycles. The third kappa shape index (κ3) is 3.16. The van der Waals surface area contributed by atoms with Crippen LogP contribution in [-0.4, -0.2) is 32.4 Å². The van der Waals surface area contributed by atoms with Gasteiger partial charge in [0.15, 0.2) is 5.75 Å². The van der Waals surface area contributed by atoms with Crippen LogP contribution in [0.4, 0.5) is 0 Å². The molecule has 1 rings (SSSR count). The van der Waals surface area contributed by atoms with E-state index in [2.05, 4.69) is 20.9 Å². The van der Waals surface area contributed by atoms with Gasteiger partial charge in [-0.25, -0.2) is 4.98 Å². The molecule has 0 saturated carbocycles. The topological polar surface area (TPSA) is 40.6 Å². The number of halogens is 1. The number of rotatable bonds is 5. The van der Waals surface area contributed by atoms with Crippen molar-refractivity contribution in [1.29, 1.82) is 0 Å². The third-order valence-corrected chi connectivity index (χ3v) is 1.96. The van der Waals surface area contributed by atoms with Gasteiger partial charge in [0, 0.05) is 23.8 Å². The SMILES string of the molecule is COCCOc1cc(Br)cnc1OC. The van der Waals surface area contributed by atoms with Crippen LogP contribution in [0.25, 0.3) is 0 Å². The second-order valence-electron chi connectivity index (χ2n) is 2.50. The molecule has 0 spiro atoms. The van der Waals surface area contributed by atoms with Crippen LogP contribution in [0.5, 0.6) is 11.6 Å². The maximum absolute atomic E-state index is 5.41. The van der Waals surface area contributed by atoms with E-state index in [1.165, 1.54) is 0 Å². The Balaban J connectivity index is 2.67. The lowest BCUT2D eigenvalue weighted by Crippen LogP contribution is -2.05. The second-order valence-corrected chi connectivity index (χ2v) is 3.42. The third-order valence-electron chi connectivity index (χ3n) is 1.52. The van der Waals surface area contributed by atoms with Crippen LogP contribution in [0.2, 0.25) is 0 Å². The molecule has 0 atom stereocenters. The van der Waals surface area contributed by atoms with Crippen molar-refractivity contribution in [2.75, 3.05) is 27.4 Å². The first-order chi connectivity index (χ1) is 6.77. The van der Waals surface area contributed by atoms with Gasteiger partial charge in [-0.05, 0) is 15.9 Å². The van der Waals surface area contributed by atoms with Gasteiger partial charge in [-0.15, -0.1) is 0 Å². The highest BCUT2D eigenvalue weighted by Crippen LogP contribution is 2.27. The van der Waals surface area contributed by atoms with Gasteiger partial charge in [0.2, 0.25) is 0 Å². The average Bonchev–Trinajstić information content (AvgIpc) is 2.19. The Labute approximate surface area is 91.3 Å². The Kier molecular flexibility index (Phi) is 4.69. The van der Waals surface area contributed by atoms with Crippen LogP contribution in [0.15, 0.2) is 16.7 Å². The molecule has 0 unspecified atom stereocenters. The molecule has 78 valence electrons. The second kappa shape index (κ2) is 5.82. The van der Waals surface area contributed by atoms with E-state index < -0.39 is 0 Å². The molecule has 0 aliphatic heterocycles. The minimum absolute atomic E-state index is 0.476. The fraction of sp³-hybridized carbons (Fsp3) is 0.444. The van der Waals surface area contributed by atoms with Crippen LogP contribution in [-0.2, 0) is 4.74 Å². The van der Waals surface area contributed by atoms with Gasteiger partial charge in [0.25, 0.3) is 5.88 Å². The molecule has 4 nitrogen and oxygen atoms in total. The maximum atomic E-state index is 5.41. The Morgan fingerprint density at radius 2 is 2.14 bits per heavy atom. The van der Waals surface area contributed by atoms with E-state index in [1.807, 2.05) is 6.07 Å². The summed E-state index contributed by atoms with van der Waals surface area (Å²) in [5, 5.41) is 0. The van der Waals surface area contributed by atoms with Gasteiger partial charge in [-0.3, -0.25) is 0 Å².